The number of carbonyl (C=O) groups excluding carboxylic acids is 1. The second-order valence-corrected chi connectivity index (χ2v) is 7.05. The first kappa shape index (κ1) is 15.3. The van der Waals surface area contributed by atoms with Gasteiger partial charge in [-0.1, -0.05) is 6.07 Å². The lowest BCUT2D eigenvalue weighted by Gasteiger charge is -2.23. The number of aromatic nitrogens is 3. The number of piperidine rings is 1. The summed E-state index contributed by atoms with van der Waals surface area (Å²) in [4.78, 5) is 26.0. The third-order valence-corrected chi connectivity index (χ3v) is 5.12. The van der Waals surface area contributed by atoms with Gasteiger partial charge in [0.05, 0.1) is 11.1 Å². The molecule has 24 heavy (non-hydrogen) atoms. The quantitative estimate of drug-likeness (QED) is 0.679. The molecule has 124 valence electrons. The van der Waals surface area contributed by atoms with Gasteiger partial charge in [-0.3, -0.25) is 4.79 Å². The number of fused-ring (bicyclic) bond motifs is 1. The van der Waals surface area contributed by atoms with Gasteiger partial charge in [-0.2, -0.15) is 0 Å². The SMILES string of the molecule is O=C(NC1CCCNC1)c1ccnc2nc(Cc3cccs3)[nH]c12. The lowest BCUT2D eigenvalue weighted by atomic mass is 10.1. The van der Waals surface area contributed by atoms with Crippen molar-refractivity contribution in [3.8, 4) is 0 Å². The molecule has 4 heterocycles. The molecule has 1 amide bonds. The van der Waals surface area contributed by atoms with E-state index in [1.165, 1.54) is 4.88 Å². The summed E-state index contributed by atoms with van der Waals surface area (Å²) < 4.78 is 0. The summed E-state index contributed by atoms with van der Waals surface area (Å²) in [6.07, 6.45) is 4.47. The minimum Gasteiger partial charge on any atom is -0.348 e. The van der Waals surface area contributed by atoms with Crippen molar-refractivity contribution in [1.82, 2.24) is 25.6 Å². The summed E-state index contributed by atoms with van der Waals surface area (Å²) in [6.45, 7) is 1.85. The standard InChI is InChI=1S/C17H19N5OS/c23-17(20-11-3-1-6-18-10-11)13-5-7-19-16-15(13)21-14(22-16)9-12-4-2-8-24-12/h2,4-5,7-8,11,18H,1,3,6,9-10H2,(H,20,23)(H,19,21,22). The number of nitrogens with one attached hydrogen (secondary N) is 3. The third kappa shape index (κ3) is 3.18. The van der Waals surface area contributed by atoms with E-state index in [1.54, 1.807) is 23.6 Å². The van der Waals surface area contributed by atoms with Gasteiger partial charge in [-0.05, 0) is 36.9 Å². The molecular formula is C17H19N5OS. The fraction of sp³-hybridized carbons (Fsp3) is 0.353. The van der Waals surface area contributed by atoms with E-state index in [1.807, 2.05) is 11.4 Å². The van der Waals surface area contributed by atoms with Gasteiger partial charge >= 0.3 is 0 Å². The second-order valence-electron chi connectivity index (χ2n) is 6.01. The summed E-state index contributed by atoms with van der Waals surface area (Å²) in [7, 11) is 0. The molecule has 1 aliphatic rings. The number of hydrogen-bond donors (Lipinski definition) is 3. The van der Waals surface area contributed by atoms with Gasteiger partial charge in [-0.25, -0.2) is 9.97 Å². The highest BCUT2D eigenvalue weighted by Crippen LogP contribution is 2.18. The first-order valence-electron chi connectivity index (χ1n) is 8.17. The second kappa shape index (κ2) is 6.70. The van der Waals surface area contributed by atoms with E-state index in [9.17, 15) is 4.79 Å². The van der Waals surface area contributed by atoms with Crippen LogP contribution in [-0.4, -0.2) is 40.0 Å². The van der Waals surface area contributed by atoms with E-state index in [0.717, 1.165) is 38.2 Å². The Labute approximate surface area is 143 Å². The first-order valence-corrected chi connectivity index (χ1v) is 9.05. The average Bonchev–Trinajstić information content (AvgIpc) is 3.24. The summed E-state index contributed by atoms with van der Waals surface area (Å²) >= 11 is 1.69. The number of hydrogen-bond acceptors (Lipinski definition) is 5. The molecule has 0 aromatic carbocycles. The van der Waals surface area contributed by atoms with Gasteiger partial charge in [-0.15, -0.1) is 11.3 Å². The van der Waals surface area contributed by atoms with Crippen LogP contribution in [0.2, 0.25) is 0 Å². The van der Waals surface area contributed by atoms with Gasteiger partial charge < -0.3 is 15.6 Å². The molecule has 1 unspecified atom stereocenters. The molecular weight excluding hydrogens is 322 g/mol. The number of pyridine rings is 1. The molecule has 3 aromatic rings. The van der Waals surface area contributed by atoms with E-state index < -0.39 is 0 Å². The third-order valence-electron chi connectivity index (χ3n) is 4.24. The van der Waals surface area contributed by atoms with Crippen LogP contribution in [0.15, 0.2) is 29.8 Å². The summed E-state index contributed by atoms with van der Waals surface area (Å²) in [5.74, 6) is 0.766. The highest BCUT2D eigenvalue weighted by atomic mass is 32.1. The van der Waals surface area contributed by atoms with Crippen LogP contribution in [0.1, 0.15) is 33.9 Å². The Morgan fingerprint density at radius 2 is 2.38 bits per heavy atom. The molecule has 0 aliphatic carbocycles. The van der Waals surface area contributed by atoms with Crippen LogP contribution in [0.3, 0.4) is 0 Å². The monoisotopic (exact) mass is 341 g/mol. The number of aromatic amines is 1. The number of nitrogens with zero attached hydrogens (tertiary/aromatic N) is 2. The van der Waals surface area contributed by atoms with Gasteiger partial charge in [0, 0.05) is 30.1 Å². The van der Waals surface area contributed by atoms with Crippen molar-refractivity contribution in [2.24, 2.45) is 0 Å². The molecule has 1 aliphatic heterocycles. The van der Waals surface area contributed by atoms with E-state index in [4.69, 9.17) is 0 Å². The van der Waals surface area contributed by atoms with Crippen molar-refractivity contribution in [1.29, 1.82) is 0 Å². The normalized spacial score (nSPS) is 17.9. The molecule has 3 aromatic heterocycles. The molecule has 0 bridgehead atoms. The lowest BCUT2D eigenvalue weighted by Crippen LogP contribution is -2.45. The molecule has 7 heteroatoms. The van der Waals surface area contributed by atoms with Crippen LogP contribution in [0.5, 0.6) is 0 Å². The zero-order valence-corrected chi connectivity index (χ0v) is 14.0. The van der Waals surface area contributed by atoms with Gasteiger partial charge in [0.2, 0.25) is 0 Å². The number of H-pyrrole nitrogens is 1. The van der Waals surface area contributed by atoms with Crippen LogP contribution in [-0.2, 0) is 6.42 Å². The first-order chi connectivity index (χ1) is 11.8. The number of rotatable bonds is 4. The molecule has 0 spiro atoms. The zero-order valence-electron chi connectivity index (χ0n) is 13.2. The van der Waals surface area contributed by atoms with Crippen molar-refractivity contribution < 1.29 is 4.79 Å². The molecule has 1 fully saturated rings. The van der Waals surface area contributed by atoms with Crippen molar-refractivity contribution in [2.45, 2.75) is 25.3 Å². The summed E-state index contributed by atoms with van der Waals surface area (Å²) in [6, 6.07) is 6.04. The smallest absolute Gasteiger partial charge is 0.253 e. The molecule has 6 nitrogen and oxygen atoms in total. The van der Waals surface area contributed by atoms with E-state index in [0.29, 0.717) is 16.7 Å². The number of imidazole rings is 1. The predicted molar refractivity (Wildman–Crippen MR) is 94.4 cm³/mol. The van der Waals surface area contributed by atoms with E-state index in [2.05, 4.69) is 31.7 Å². The lowest BCUT2D eigenvalue weighted by molar-refractivity contribution is 0.0932. The largest absolute Gasteiger partial charge is 0.348 e. The van der Waals surface area contributed by atoms with E-state index >= 15 is 0 Å². The van der Waals surface area contributed by atoms with Crippen molar-refractivity contribution in [2.75, 3.05) is 13.1 Å². The fourth-order valence-electron chi connectivity index (χ4n) is 3.05. The maximum absolute atomic E-state index is 12.6. The minimum absolute atomic E-state index is 0.0672. The van der Waals surface area contributed by atoms with Gasteiger partial charge in [0.15, 0.2) is 5.65 Å². The van der Waals surface area contributed by atoms with Crippen LogP contribution >= 0.6 is 11.3 Å². The molecule has 1 saturated heterocycles. The predicted octanol–water partition coefficient (Wildman–Crippen LogP) is 2.09. The van der Waals surface area contributed by atoms with Crippen LogP contribution in [0.25, 0.3) is 11.2 Å². The Morgan fingerprint density at radius 1 is 1.42 bits per heavy atom. The summed E-state index contributed by atoms with van der Waals surface area (Å²) in [5.41, 5.74) is 1.91. The van der Waals surface area contributed by atoms with Crippen LogP contribution in [0.4, 0.5) is 0 Å². The Morgan fingerprint density at radius 3 is 3.17 bits per heavy atom. The fourth-order valence-corrected chi connectivity index (χ4v) is 3.76. The molecule has 0 radical (unpaired) electrons. The minimum atomic E-state index is -0.0672. The topological polar surface area (TPSA) is 82.7 Å². The van der Waals surface area contributed by atoms with Gasteiger partial charge in [0.1, 0.15) is 5.82 Å². The van der Waals surface area contributed by atoms with Crippen molar-refractivity contribution >= 4 is 28.4 Å². The Bertz CT molecular complexity index is 836. The molecule has 0 saturated carbocycles. The molecule has 3 N–H and O–H groups in total. The highest BCUT2D eigenvalue weighted by molar-refractivity contribution is 7.09. The Hall–Kier alpha value is -2.25. The Kier molecular flexibility index (Phi) is 4.27. The van der Waals surface area contributed by atoms with Crippen LogP contribution in [0, 0.1) is 0 Å². The molecule has 4 rings (SSSR count). The van der Waals surface area contributed by atoms with Crippen molar-refractivity contribution in [3.63, 3.8) is 0 Å². The zero-order chi connectivity index (χ0) is 16.4. The van der Waals surface area contributed by atoms with Gasteiger partial charge in [0.25, 0.3) is 5.91 Å². The Balaban J connectivity index is 1.58. The highest BCUT2D eigenvalue weighted by Gasteiger charge is 2.19. The summed E-state index contributed by atoms with van der Waals surface area (Å²) in [5, 5.41) is 8.47. The maximum Gasteiger partial charge on any atom is 0.253 e. The van der Waals surface area contributed by atoms with Crippen molar-refractivity contribution in [3.05, 3.63) is 46.0 Å². The number of amides is 1. The number of thiophene rings is 1. The number of carbonyl (C=O) groups is 1. The van der Waals surface area contributed by atoms with Crippen LogP contribution < -0.4 is 10.6 Å². The average molecular weight is 341 g/mol. The maximum atomic E-state index is 12.6. The molecule has 1 atom stereocenters. The van der Waals surface area contributed by atoms with E-state index in [-0.39, 0.29) is 11.9 Å².